The van der Waals surface area contributed by atoms with Crippen molar-refractivity contribution in [1.29, 1.82) is 0 Å². The van der Waals surface area contributed by atoms with Gasteiger partial charge in [-0.25, -0.2) is 27.1 Å². The van der Waals surface area contributed by atoms with Gasteiger partial charge in [-0.2, -0.15) is 19.6 Å². The summed E-state index contributed by atoms with van der Waals surface area (Å²) in [6.07, 6.45) is 0. The summed E-state index contributed by atoms with van der Waals surface area (Å²) in [5, 5.41) is 74.4. The van der Waals surface area contributed by atoms with Gasteiger partial charge in [0.25, 0.3) is 0 Å². The van der Waals surface area contributed by atoms with Crippen LogP contribution in [0.1, 0.15) is 11.4 Å². The molecule has 0 atom stereocenters. The van der Waals surface area contributed by atoms with Crippen LogP contribution in [0.2, 0.25) is 0 Å². The van der Waals surface area contributed by atoms with Crippen molar-refractivity contribution in [3.8, 4) is 34.6 Å². The summed E-state index contributed by atoms with van der Waals surface area (Å²) in [5.41, 5.74) is 2.03. The van der Waals surface area contributed by atoms with Crippen LogP contribution in [0.4, 0.5) is 22.7 Å². The second-order valence-corrected chi connectivity index (χ2v) is 13.9. The van der Waals surface area contributed by atoms with Gasteiger partial charge in [-0.3, -0.25) is 0 Å². The number of phenolic OH excluding ortho intramolecular Hbond substituents is 2. The number of hydrogen-bond donors (Lipinski definition) is 6. The number of aromatic hydroxyl groups is 4. The van der Waals surface area contributed by atoms with E-state index in [1.54, 1.807) is 62.4 Å². The van der Waals surface area contributed by atoms with E-state index in [-0.39, 0.29) is 73.2 Å². The Morgan fingerprint density at radius 3 is 1.21 bits per heavy atom. The Morgan fingerprint density at radius 1 is 0.547 bits per heavy atom. The van der Waals surface area contributed by atoms with E-state index in [1.165, 1.54) is 9.36 Å². The second kappa shape index (κ2) is 16.2. The van der Waals surface area contributed by atoms with E-state index in [1.807, 2.05) is 12.1 Å². The third-order valence-electron chi connectivity index (χ3n) is 7.08. The molecule has 0 aliphatic heterocycles. The summed E-state index contributed by atoms with van der Waals surface area (Å²) in [5.74, 6) is -1.04. The Morgan fingerprint density at radius 2 is 0.887 bits per heavy atom. The maximum absolute atomic E-state index is 11.4. The van der Waals surface area contributed by atoms with E-state index < -0.39 is 20.0 Å². The summed E-state index contributed by atoms with van der Waals surface area (Å²) in [7, 11) is -7.90. The van der Waals surface area contributed by atoms with Crippen LogP contribution in [0.5, 0.6) is 23.3 Å². The largest absolute Gasteiger partial charge is 0.506 e. The number of para-hydroxylation sites is 2. The second-order valence-electron chi connectivity index (χ2n) is 10.8. The molecule has 0 unspecified atom stereocenters. The van der Waals surface area contributed by atoms with Gasteiger partial charge in [0.2, 0.25) is 31.8 Å². The van der Waals surface area contributed by atoms with E-state index in [2.05, 4.69) is 30.7 Å². The average molecular weight is 799 g/mol. The van der Waals surface area contributed by atoms with Gasteiger partial charge >= 0.3 is 0 Å². The molecule has 2 aromatic heterocycles. The van der Waals surface area contributed by atoms with E-state index >= 15 is 0 Å². The number of hydrogen-bond acceptors (Lipinski definition) is 14. The molecule has 0 saturated carbocycles. The molecule has 0 radical (unpaired) electrons. The van der Waals surface area contributed by atoms with Crippen molar-refractivity contribution < 1.29 is 54.6 Å². The molecule has 21 heteroatoms. The minimum absolute atomic E-state index is 0. The standard InChI is InChI=1S/2C16H15N5O4S.Cr/c2*1-10-15(16(23)21(20-10)11-5-3-2-4-6-11)19-18-13-9-12(26(17,24)25)7-8-14(13)22;/h2*2-9,22-23H,1H3,(H2,17,24,25);. The first-order chi connectivity index (χ1) is 24.5. The first-order valence-corrected chi connectivity index (χ1v) is 17.9. The zero-order valence-electron chi connectivity index (χ0n) is 27.6. The molecule has 0 amide bonds. The van der Waals surface area contributed by atoms with Gasteiger partial charge in [-0.05, 0) is 74.5 Å². The molecule has 0 spiro atoms. The van der Waals surface area contributed by atoms with Crippen LogP contribution < -0.4 is 10.3 Å². The smallest absolute Gasteiger partial charge is 0.243 e. The number of aryl methyl sites for hydroxylation is 2. The number of aromatic nitrogens is 4. The van der Waals surface area contributed by atoms with Crippen molar-refractivity contribution in [3.05, 3.63) is 108 Å². The minimum Gasteiger partial charge on any atom is -0.506 e. The van der Waals surface area contributed by atoms with Crippen molar-refractivity contribution >= 4 is 42.8 Å². The molecule has 6 aromatic rings. The molecule has 0 saturated heterocycles. The maximum Gasteiger partial charge on any atom is 0.243 e. The zero-order chi connectivity index (χ0) is 37.8. The SMILES string of the molecule is Cc1nn(-c2ccccc2)c(O)c1N=Nc1cc(S(N)(=O)=O)ccc1O.Cc1nn(-c2ccccc2)c(O)c1N=Nc1cc(S(N)(=O)=O)ccc1O.[Cr]. The first-order valence-electron chi connectivity index (χ1n) is 14.8. The maximum atomic E-state index is 11.4. The zero-order valence-corrected chi connectivity index (χ0v) is 30.5. The summed E-state index contributed by atoms with van der Waals surface area (Å²) in [4.78, 5) is -0.435. The number of rotatable bonds is 8. The van der Waals surface area contributed by atoms with Crippen molar-refractivity contribution in [2.24, 2.45) is 30.7 Å². The molecule has 4 aromatic carbocycles. The molecule has 0 aliphatic carbocycles. The van der Waals surface area contributed by atoms with Crippen molar-refractivity contribution in [2.75, 3.05) is 0 Å². The van der Waals surface area contributed by atoms with Gasteiger partial charge in [0.1, 0.15) is 22.9 Å². The molecule has 18 nitrogen and oxygen atoms in total. The van der Waals surface area contributed by atoms with Gasteiger partial charge < -0.3 is 20.4 Å². The minimum atomic E-state index is -3.95. The number of primary sulfonamides is 2. The Labute approximate surface area is 313 Å². The topological polar surface area (TPSA) is 286 Å². The molecule has 8 N–H and O–H groups in total. The normalized spacial score (nSPS) is 11.7. The summed E-state index contributed by atoms with van der Waals surface area (Å²) < 4.78 is 48.2. The number of azo groups is 2. The fourth-order valence-corrected chi connectivity index (χ4v) is 5.54. The summed E-state index contributed by atoms with van der Waals surface area (Å²) in [6.45, 7) is 3.27. The number of nitrogens with two attached hydrogens (primary N) is 2. The van der Waals surface area contributed by atoms with Crippen LogP contribution in [0.3, 0.4) is 0 Å². The molecule has 53 heavy (non-hydrogen) atoms. The molecule has 0 aliphatic rings. The molecule has 0 bridgehead atoms. The number of nitrogens with zero attached hydrogens (tertiary/aromatic N) is 8. The number of benzene rings is 4. The third-order valence-corrected chi connectivity index (χ3v) is 8.90. The van der Waals surface area contributed by atoms with Gasteiger partial charge in [0.15, 0.2) is 11.4 Å². The van der Waals surface area contributed by atoms with E-state index in [0.29, 0.717) is 22.8 Å². The van der Waals surface area contributed by atoms with Crippen LogP contribution in [0.25, 0.3) is 11.4 Å². The molecule has 274 valence electrons. The Kier molecular flexibility index (Phi) is 12.1. The van der Waals surface area contributed by atoms with Crippen LogP contribution in [-0.4, -0.2) is 56.8 Å². The van der Waals surface area contributed by atoms with Gasteiger partial charge in [-0.1, -0.05) is 36.4 Å². The van der Waals surface area contributed by atoms with Gasteiger partial charge in [-0.15, -0.1) is 20.5 Å². The average Bonchev–Trinajstić information content (AvgIpc) is 3.56. The molecule has 2 heterocycles. The molecule has 6 rings (SSSR count). The Balaban J connectivity index is 0.000000232. The monoisotopic (exact) mass is 798 g/mol. The molecular weight excluding hydrogens is 769 g/mol. The summed E-state index contributed by atoms with van der Waals surface area (Å²) >= 11 is 0. The van der Waals surface area contributed by atoms with Crippen LogP contribution in [0, 0.1) is 13.8 Å². The number of phenols is 2. The summed E-state index contributed by atoms with van der Waals surface area (Å²) in [6, 6.07) is 24.6. The van der Waals surface area contributed by atoms with Crippen LogP contribution in [0.15, 0.2) is 127 Å². The number of sulfonamides is 2. The van der Waals surface area contributed by atoms with Crippen molar-refractivity contribution in [3.63, 3.8) is 0 Å². The van der Waals surface area contributed by atoms with Gasteiger partial charge in [0, 0.05) is 17.4 Å². The predicted molar refractivity (Wildman–Crippen MR) is 187 cm³/mol. The van der Waals surface area contributed by atoms with E-state index in [9.17, 15) is 37.3 Å². The predicted octanol–water partition coefficient (Wildman–Crippen LogP) is 5.31. The van der Waals surface area contributed by atoms with E-state index in [4.69, 9.17) is 10.3 Å². The fraction of sp³-hybridized carbons (Fsp3) is 0.0625. The van der Waals surface area contributed by atoms with Crippen LogP contribution >= 0.6 is 0 Å². The van der Waals surface area contributed by atoms with Crippen LogP contribution in [-0.2, 0) is 37.4 Å². The first kappa shape index (κ1) is 39.8. The van der Waals surface area contributed by atoms with E-state index in [0.717, 1.165) is 36.4 Å². The van der Waals surface area contributed by atoms with Gasteiger partial charge in [0.05, 0.1) is 32.6 Å². The molecule has 0 fully saturated rings. The molecular formula is C32H30CrN10O8S2. The fourth-order valence-electron chi connectivity index (χ4n) is 4.47. The Hall–Kier alpha value is -5.95. The van der Waals surface area contributed by atoms with Crippen molar-refractivity contribution in [2.45, 2.75) is 23.6 Å². The van der Waals surface area contributed by atoms with Crippen molar-refractivity contribution in [1.82, 2.24) is 19.6 Å². The quantitative estimate of drug-likeness (QED) is 0.108. The third kappa shape index (κ3) is 9.30. The Bertz CT molecular complexity index is 2370.